The molecule has 1 nitrogen and oxygen atoms in total. The molecule has 0 fully saturated rings. The highest BCUT2D eigenvalue weighted by atomic mass is 127. The Morgan fingerprint density at radius 2 is 2.23 bits per heavy atom. The second kappa shape index (κ2) is 3.53. The molecule has 1 aromatic rings. The molecule has 1 aliphatic rings. The van der Waals surface area contributed by atoms with Gasteiger partial charge in [0.2, 0.25) is 0 Å². The van der Waals surface area contributed by atoms with Crippen LogP contribution in [0.3, 0.4) is 0 Å². The van der Waals surface area contributed by atoms with Crippen LogP contribution in [-0.4, -0.2) is 0 Å². The summed E-state index contributed by atoms with van der Waals surface area (Å²) in [5.41, 5.74) is 7.72. The smallest absolute Gasteiger partial charge is 0.141 e. The first-order chi connectivity index (χ1) is 6.20. The number of benzene rings is 1. The molecule has 0 spiro atoms. The van der Waals surface area contributed by atoms with E-state index in [2.05, 4.69) is 0 Å². The second-order valence-corrected chi connectivity index (χ2v) is 4.60. The Morgan fingerprint density at radius 1 is 1.46 bits per heavy atom. The molecule has 0 unspecified atom stereocenters. The zero-order chi connectivity index (χ0) is 9.42. The van der Waals surface area contributed by atoms with Crippen molar-refractivity contribution in [3.8, 4) is 0 Å². The maximum absolute atomic E-state index is 13.6. The number of hydrogen-bond acceptors (Lipinski definition) is 1. The lowest BCUT2D eigenvalue weighted by Gasteiger charge is -2.22. The van der Waals surface area contributed by atoms with E-state index in [9.17, 15) is 4.39 Å². The summed E-state index contributed by atoms with van der Waals surface area (Å²) in [7, 11) is 0. The molecule has 0 bridgehead atoms. The van der Waals surface area contributed by atoms with Crippen LogP contribution in [0.15, 0.2) is 12.1 Å². The molecule has 0 saturated carbocycles. The minimum atomic E-state index is -0.106. The first kappa shape index (κ1) is 9.40. The van der Waals surface area contributed by atoms with Gasteiger partial charge in [0.1, 0.15) is 5.82 Å². The third-order valence-corrected chi connectivity index (χ3v) is 3.39. The molecular formula is C10H11FIN. The Hall–Kier alpha value is -0.160. The molecule has 0 radical (unpaired) electrons. The van der Waals surface area contributed by atoms with Gasteiger partial charge >= 0.3 is 0 Å². The lowest BCUT2D eigenvalue weighted by molar-refractivity contribution is 0.515. The molecule has 0 amide bonds. The highest BCUT2D eigenvalue weighted by Crippen LogP contribution is 2.31. The number of aryl methyl sites for hydroxylation is 1. The maximum Gasteiger partial charge on any atom is 0.141 e. The van der Waals surface area contributed by atoms with Crippen molar-refractivity contribution in [2.75, 3.05) is 0 Å². The van der Waals surface area contributed by atoms with Crippen molar-refractivity contribution >= 4 is 22.6 Å². The van der Waals surface area contributed by atoms with Gasteiger partial charge < -0.3 is 5.73 Å². The van der Waals surface area contributed by atoms with Crippen LogP contribution in [0.2, 0.25) is 0 Å². The molecule has 13 heavy (non-hydrogen) atoms. The number of rotatable bonds is 0. The van der Waals surface area contributed by atoms with Gasteiger partial charge in [0.25, 0.3) is 0 Å². The quantitative estimate of drug-likeness (QED) is 0.731. The Morgan fingerprint density at radius 3 is 3.00 bits per heavy atom. The van der Waals surface area contributed by atoms with Crippen molar-refractivity contribution in [3.05, 3.63) is 32.6 Å². The monoisotopic (exact) mass is 291 g/mol. The van der Waals surface area contributed by atoms with E-state index < -0.39 is 0 Å². The van der Waals surface area contributed by atoms with Crippen LogP contribution in [-0.2, 0) is 6.42 Å². The van der Waals surface area contributed by atoms with Crippen molar-refractivity contribution < 1.29 is 4.39 Å². The fourth-order valence-corrected chi connectivity index (χ4v) is 2.35. The van der Waals surface area contributed by atoms with Crippen LogP contribution in [0.25, 0.3) is 0 Å². The predicted octanol–water partition coefficient (Wildman–Crippen LogP) is 2.77. The van der Waals surface area contributed by atoms with Gasteiger partial charge in [0.05, 0.1) is 0 Å². The van der Waals surface area contributed by atoms with E-state index in [1.807, 2.05) is 34.7 Å². The van der Waals surface area contributed by atoms with E-state index in [-0.39, 0.29) is 11.9 Å². The summed E-state index contributed by atoms with van der Waals surface area (Å²) in [6, 6.07) is 3.73. The van der Waals surface area contributed by atoms with Gasteiger partial charge in [-0.2, -0.15) is 0 Å². The lowest BCUT2D eigenvalue weighted by atomic mass is 9.88. The molecule has 1 atom stereocenters. The maximum atomic E-state index is 13.6. The second-order valence-electron chi connectivity index (χ2n) is 3.43. The molecule has 1 aromatic carbocycles. The summed E-state index contributed by atoms with van der Waals surface area (Å²) in [5.74, 6) is -0.106. The molecule has 0 aliphatic heterocycles. The summed E-state index contributed by atoms with van der Waals surface area (Å²) in [5, 5.41) is 0. The van der Waals surface area contributed by atoms with Crippen molar-refractivity contribution in [1.29, 1.82) is 0 Å². The molecule has 70 valence electrons. The Bertz CT molecular complexity index is 338. The molecular weight excluding hydrogens is 280 g/mol. The number of halogens is 2. The van der Waals surface area contributed by atoms with Gasteiger partial charge in [-0.25, -0.2) is 4.39 Å². The molecule has 3 heteroatoms. The van der Waals surface area contributed by atoms with Crippen molar-refractivity contribution in [3.63, 3.8) is 0 Å². The van der Waals surface area contributed by atoms with Gasteiger partial charge in [-0.15, -0.1) is 0 Å². The van der Waals surface area contributed by atoms with E-state index in [0.29, 0.717) is 3.57 Å². The summed E-state index contributed by atoms with van der Waals surface area (Å²) in [6.45, 7) is 0. The number of fused-ring (bicyclic) bond motifs is 1. The van der Waals surface area contributed by atoms with Crippen LogP contribution in [0, 0.1) is 9.39 Å². The van der Waals surface area contributed by atoms with Gasteiger partial charge in [-0.3, -0.25) is 0 Å². The van der Waals surface area contributed by atoms with Crippen LogP contribution >= 0.6 is 22.6 Å². The topological polar surface area (TPSA) is 26.0 Å². The third-order valence-electron chi connectivity index (χ3n) is 2.55. The number of nitrogens with two attached hydrogens (primary N) is 1. The molecule has 2 rings (SSSR count). The fraction of sp³-hybridized carbons (Fsp3) is 0.400. The van der Waals surface area contributed by atoms with Crippen molar-refractivity contribution in [1.82, 2.24) is 0 Å². The standard InChI is InChI=1S/C10H11FIN/c11-10-7(12)5-4-6-2-1-3-8(13)9(6)10/h4-5,8H,1-3,13H2/t8-/m0/s1. The minimum absolute atomic E-state index is 0.0986. The van der Waals surface area contributed by atoms with Crippen LogP contribution in [0.4, 0.5) is 4.39 Å². The molecule has 0 heterocycles. The van der Waals surface area contributed by atoms with Gasteiger partial charge in [0, 0.05) is 15.2 Å². The lowest BCUT2D eigenvalue weighted by Crippen LogP contribution is -2.19. The third kappa shape index (κ3) is 1.59. The average molecular weight is 291 g/mol. The zero-order valence-corrected chi connectivity index (χ0v) is 9.34. The molecule has 0 saturated heterocycles. The van der Waals surface area contributed by atoms with Crippen LogP contribution in [0.1, 0.15) is 30.0 Å². The first-order valence-corrected chi connectivity index (χ1v) is 5.50. The Balaban J connectivity index is 2.58. The van der Waals surface area contributed by atoms with Gasteiger partial charge in [0.15, 0.2) is 0 Å². The van der Waals surface area contributed by atoms with E-state index >= 15 is 0 Å². The number of hydrogen-bond donors (Lipinski definition) is 1. The van der Waals surface area contributed by atoms with Crippen molar-refractivity contribution in [2.45, 2.75) is 25.3 Å². The Labute approximate surface area is 90.7 Å². The SMILES string of the molecule is N[C@H]1CCCc2ccc(I)c(F)c21. The minimum Gasteiger partial charge on any atom is -0.324 e. The Kier molecular flexibility index (Phi) is 2.55. The molecule has 0 aromatic heterocycles. The highest BCUT2D eigenvalue weighted by molar-refractivity contribution is 14.1. The van der Waals surface area contributed by atoms with Crippen molar-refractivity contribution in [2.24, 2.45) is 5.73 Å². The normalized spacial score (nSPS) is 21.3. The average Bonchev–Trinajstić information content (AvgIpc) is 2.12. The van der Waals surface area contributed by atoms with E-state index in [1.54, 1.807) is 0 Å². The van der Waals surface area contributed by atoms with E-state index in [0.717, 1.165) is 30.4 Å². The predicted molar refractivity (Wildman–Crippen MR) is 59.0 cm³/mol. The van der Waals surface area contributed by atoms with Gasteiger partial charge in [-0.1, -0.05) is 6.07 Å². The molecule has 2 N–H and O–H groups in total. The highest BCUT2D eigenvalue weighted by Gasteiger charge is 2.21. The van der Waals surface area contributed by atoms with E-state index in [1.165, 1.54) is 0 Å². The summed E-state index contributed by atoms with van der Waals surface area (Å²) in [6.07, 6.45) is 2.95. The molecule has 1 aliphatic carbocycles. The fourth-order valence-electron chi connectivity index (χ4n) is 1.88. The summed E-state index contributed by atoms with van der Waals surface area (Å²) in [4.78, 5) is 0. The van der Waals surface area contributed by atoms with Gasteiger partial charge in [-0.05, 0) is 53.5 Å². The van der Waals surface area contributed by atoms with Crippen LogP contribution < -0.4 is 5.73 Å². The largest absolute Gasteiger partial charge is 0.324 e. The first-order valence-electron chi connectivity index (χ1n) is 4.42. The summed E-state index contributed by atoms with van der Waals surface area (Å²) >= 11 is 2.01. The van der Waals surface area contributed by atoms with Crippen LogP contribution in [0.5, 0.6) is 0 Å². The summed E-state index contributed by atoms with van der Waals surface area (Å²) < 4.78 is 14.3. The zero-order valence-electron chi connectivity index (χ0n) is 7.19. The van der Waals surface area contributed by atoms with E-state index in [4.69, 9.17) is 5.73 Å².